The molecule has 2 aliphatic heterocycles. The van der Waals surface area contributed by atoms with Crippen molar-refractivity contribution < 1.29 is 0 Å². The number of hydrogen-bond donors (Lipinski definition) is 1. The monoisotopic (exact) mass is 389 g/mol. The first-order valence-electron chi connectivity index (χ1n) is 11.5. The van der Waals surface area contributed by atoms with Crippen molar-refractivity contribution in [3.63, 3.8) is 0 Å². The summed E-state index contributed by atoms with van der Waals surface area (Å²) in [6, 6.07) is 9.07. The molecule has 3 heterocycles. The van der Waals surface area contributed by atoms with Crippen molar-refractivity contribution in [2.24, 2.45) is 5.92 Å². The normalized spacial score (nSPS) is 26.6. The highest BCUT2D eigenvalue weighted by Crippen LogP contribution is 2.53. The van der Waals surface area contributed by atoms with Gasteiger partial charge in [0.2, 0.25) is 5.95 Å². The molecule has 0 saturated heterocycles. The van der Waals surface area contributed by atoms with E-state index in [1.807, 2.05) is 0 Å². The van der Waals surface area contributed by atoms with E-state index in [9.17, 15) is 0 Å². The number of rotatable bonds is 1. The van der Waals surface area contributed by atoms with Gasteiger partial charge < -0.3 is 10.2 Å². The maximum absolute atomic E-state index is 5.05. The van der Waals surface area contributed by atoms with Gasteiger partial charge in [-0.25, -0.2) is 4.98 Å². The van der Waals surface area contributed by atoms with E-state index in [1.54, 1.807) is 0 Å². The Kier molecular flexibility index (Phi) is 3.99. The van der Waals surface area contributed by atoms with Gasteiger partial charge in [0.15, 0.2) is 5.82 Å². The van der Waals surface area contributed by atoms with E-state index in [1.165, 1.54) is 57.1 Å². The predicted octanol–water partition coefficient (Wildman–Crippen LogP) is 4.15. The number of fused-ring (bicyclic) bond motifs is 9. The molecule has 2 saturated carbocycles. The molecule has 1 N–H and O–H groups in total. The van der Waals surface area contributed by atoms with Gasteiger partial charge in [-0.1, -0.05) is 25.1 Å². The summed E-state index contributed by atoms with van der Waals surface area (Å²) in [5.41, 5.74) is 3.17. The van der Waals surface area contributed by atoms with Gasteiger partial charge in [-0.3, -0.25) is 0 Å². The van der Waals surface area contributed by atoms with Gasteiger partial charge in [0, 0.05) is 24.1 Å². The minimum absolute atomic E-state index is 0.124. The molecule has 2 aliphatic carbocycles. The summed E-state index contributed by atoms with van der Waals surface area (Å²) >= 11 is 0. The minimum atomic E-state index is 0.124. The van der Waals surface area contributed by atoms with Crippen LogP contribution in [0.25, 0.3) is 11.4 Å². The van der Waals surface area contributed by atoms with E-state index >= 15 is 0 Å². The second kappa shape index (κ2) is 6.49. The van der Waals surface area contributed by atoms with Crippen LogP contribution in [0, 0.1) is 5.92 Å². The zero-order valence-electron chi connectivity index (χ0n) is 17.5. The van der Waals surface area contributed by atoms with Crippen molar-refractivity contribution in [1.29, 1.82) is 0 Å². The lowest BCUT2D eigenvalue weighted by atomic mass is 9.85. The first kappa shape index (κ1) is 17.8. The number of hydrogen-bond acceptors (Lipinski definition) is 5. The molecule has 5 heteroatoms. The molecule has 5 nitrogen and oxygen atoms in total. The lowest BCUT2D eigenvalue weighted by molar-refractivity contribution is 0.236. The summed E-state index contributed by atoms with van der Waals surface area (Å²) in [5, 5.41) is 3.61. The van der Waals surface area contributed by atoms with Crippen molar-refractivity contribution in [2.45, 2.75) is 62.7 Å². The summed E-state index contributed by atoms with van der Waals surface area (Å²) in [7, 11) is 0. The van der Waals surface area contributed by atoms with E-state index < -0.39 is 0 Å². The van der Waals surface area contributed by atoms with Crippen LogP contribution in [0.15, 0.2) is 24.3 Å². The number of anilines is 1. The topological polar surface area (TPSA) is 53.9 Å². The lowest BCUT2D eigenvalue weighted by Crippen LogP contribution is -2.35. The first-order chi connectivity index (χ1) is 14.2. The van der Waals surface area contributed by atoms with E-state index in [-0.39, 0.29) is 5.41 Å². The van der Waals surface area contributed by atoms with Gasteiger partial charge >= 0.3 is 0 Å². The Morgan fingerprint density at radius 2 is 1.90 bits per heavy atom. The standard InChI is InChI=1S/C24H31N5/c1-2-29-13-7-17-6-8-23(9-10-23)19-5-3-4-18(14-19)20-26-21(24(16-29)11-12-24)28-22(27-20)25-15-17/h3-5,14,17H,2,6-13,15-16H2,1H3,(H,25,26,27,28). The van der Waals surface area contributed by atoms with Gasteiger partial charge in [-0.15, -0.1) is 0 Å². The minimum Gasteiger partial charge on any atom is -0.354 e. The average molecular weight is 390 g/mol. The highest BCUT2D eigenvalue weighted by molar-refractivity contribution is 5.59. The molecule has 2 aromatic rings. The fraction of sp³-hybridized carbons (Fsp3) is 0.625. The van der Waals surface area contributed by atoms with Crippen LogP contribution < -0.4 is 5.32 Å². The maximum atomic E-state index is 5.05. The van der Waals surface area contributed by atoms with E-state index in [0.29, 0.717) is 11.3 Å². The third-order valence-electron chi connectivity index (χ3n) is 7.96. The van der Waals surface area contributed by atoms with Crippen molar-refractivity contribution >= 4 is 5.95 Å². The number of nitrogens with zero attached hydrogens (tertiary/aromatic N) is 4. The van der Waals surface area contributed by atoms with Crippen LogP contribution in [0.5, 0.6) is 0 Å². The van der Waals surface area contributed by atoms with Crippen molar-refractivity contribution in [3.8, 4) is 11.4 Å². The lowest BCUT2D eigenvalue weighted by Gasteiger charge is -2.27. The van der Waals surface area contributed by atoms with Crippen LogP contribution in [-0.2, 0) is 10.8 Å². The molecule has 152 valence electrons. The predicted molar refractivity (Wildman–Crippen MR) is 115 cm³/mol. The Bertz CT molecular complexity index is 931. The molecule has 1 aromatic heterocycles. The van der Waals surface area contributed by atoms with Crippen LogP contribution >= 0.6 is 0 Å². The third-order valence-corrected chi connectivity index (χ3v) is 7.96. The average Bonchev–Trinajstić information content (AvgIpc) is 3.67. The summed E-state index contributed by atoms with van der Waals surface area (Å²) in [6.07, 6.45) is 8.88. The molecule has 0 amide bonds. The number of aromatic nitrogens is 3. The van der Waals surface area contributed by atoms with Crippen LogP contribution in [0.1, 0.15) is 63.3 Å². The number of benzene rings is 1. The van der Waals surface area contributed by atoms with Crippen molar-refractivity contribution in [1.82, 2.24) is 19.9 Å². The summed E-state index contributed by atoms with van der Waals surface area (Å²) < 4.78 is 0. The fourth-order valence-electron chi connectivity index (χ4n) is 5.45. The van der Waals surface area contributed by atoms with Crippen LogP contribution in [0.2, 0.25) is 0 Å². The molecule has 1 aromatic carbocycles. The van der Waals surface area contributed by atoms with E-state index in [4.69, 9.17) is 15.0 Å². The van der Waals surface area contributed by atoms with Gasteiger partial charge in [0.25, 0.3) is 0 Å². The molecule has 29 heavy (non-hydrogen) atoms. The summed E-state index contributed by atoms with van der Waals surface area (Å²) in [4.78, 5) is 17.5. The fourth-order valence-corrected chi connectivity index (χ4v) is 5.45. The molecule has 2 spiro atoms. The second-order valence-corrected chi connectivity index (χ2v) is 9.89. The van der Waals surface area contributed by atoms with Gasteiger partial charge in [0.1, 0.15) is 5.82 Å². The molecule has 1 unspecified atom stereocenters. The SMILES string of the molecule is CCN1CCC2CCC3(CC3)c3cccc(c3)-c3nc(nc(n3)C3(CC3)C1)NC2. The molecule has 6 bridgehead atoms. The third kappa shape index (κ3) is 3.14. The Balaban J connectivity index is 1.52. The highest BCUT2D eigenvalue weighted by Gasteiger charge is 2.49. The Morgan fingerprint density at radius 3 is 2.69 bits per heavy atom. The zero-order chi connectivity index (χ0) is 19.5. The Hall–Kier alpha value is -2.01. The Morgan fingerprint density at radius 1 is 1.03 bits per heavy atom. The van der Waals surface area contributed by atoms with Crippen molar-refractivity contribution in [2.75, 3.05) is 31.5 Å². The van der Waals surface area contributed by atoms with Gasteiger partial charge in [0.05, 0.1) is 0 Å². The van der Waals surface area contributed by atoms with Gasteiger partial charge in [-0.2, -0.15) is 9.97 Å². The molecule has 0 radical (unpaired) electrons. The first-order valence-corrected chi connectivity index (χ1v) is 11.5. The second-order valence-electron chi connectivity index (χ2n) is 9.89. The maximum Gasteiger partial charge on any atom is 0.226 e. The molecular weight excluding hydrogens is 358 g/mol. The highest BCUT2D eigenvalue weighted by atomic mass is 15.2. The van der Waals surface area contributed by atoms with E-state index in [2.05, 4.69) is 41.4 Å². The molecule has 4 aliphatic rings. The van der Waals surface area contributed by atoms with Crippen LogP contribution in [0.4, 0.5) is 5.95 Å². The molecule has 2 fully saturated rings. The largest absolute Gasteiger partial charge is 0.354 e. The number of nitrogens with one attached hydrogen (secondary N) is 1. The van der Waals surface area contributed by atoms with Gasteiger partial charge in [-0.05, 0) is 81.0 Å². The van der Waals surface area contributed by atoms with Crippen LogP contribution in [0.3, 0.4) is 0 Å². The summed E-state index contributed by atoms with van der Waals surface area (Å²) in [6.45, 7) is 6.64. The zero-order valence-corrected chi connectivity index (χ0v) is 17.5. The van der Waals surface area contributed by atoms with Crippen molar-refractivity contribution in [3.05, 3.63) is 35.7 Å². The Labute approximate surface area is 173 Å². The molecule has 6 rings (SSSR count). The molecular formula is C24H31N5. The smallest absolute Gasteiger partial charge is 0.226 e. The quantitative estimate of drug-likeness (QED) is 0.794. The van der Waals surface area contributed by atoms with Crippen LogP contribution in [-0.4, -0.2) is 46.0 Å². The number of likely N-dealkylation sites (N-methyl/N-ethyl adjacent to an activating group) is 1. The van der Waals surface area contributed by atoms with E-state index in [0.717, 1.165) is 42.8 Å². The molecule has 1 atom stereocenters. The summed E-state index contributed by atoms with van der Waals surface area (Å²) in [5.74, 6) is 3.30.